The summed E-state index contributed by atoms with van der Waals surface area (Å²) < 4.78 is 48.8. The number of nitrogen functional groups attached to an aromatic ring is 1. The number of alkyl halides is 3. The minimum atomic E-state index is -4.53. The second-order valence-corrected chi connectivity index (χ2v) is 3.97. The highest BCUT2D eigenvalue weighted by Gasteiger charge is 2.32. The third kappa shape index (κ3) is 3.54. The van der Waals surface area contributed by atoms with Crippen LogP contribution in [0, 0.1) is 0 Å². The van der Waals surface area contributed by atoms with Gasteiger partial charge in [0.1, 0.15) is 5.82 Å². The molecule has 3 N–H and O–H groups in total. The SMILES string of the molecule is COc1ccccc1Oc1cc(C(F)(F)F)cc(NN)n1. The number of nitrogens with two attached hydrogens (primary N) is 1. The van der Waals surface area contributed by atoms with Crippen LogP contribution in [0.3, 0.4) is 0 Å². The van der Waals surface area contributed by atoms with Gasteiger partial charge in [0, 0.05) is 6.07 Å². The number of nitrogens with one attached hydrogen (secondary N) is 1. The van der Waals surface area contributed by atoms with Crippen molar-refractivity contribution in [3.63, 3.8) is 0 Å². The molecule has 1 aromatic carbocycles. The molecule has 112 valence electrons. The van der Waals surface area contributed by atoms with Crippen LogP contribution in [0.25, 0.3) is 0 Å². The van der Waals surface area contributed by atoms with Crippen LogP contribution in [-0.2, 0) is 6.18 Å². The van der Waals surface area contributed by atoms with E-state index in [1.54, 1.807) is 24.3 Å². The van der Waals surface area contributed by atoms with E-state index < -0.39 is 11.7 Å². The Labute approximate surface area is 118 Å². The molecule has 0 aliphatic carbocycles. The van der Waals surface area contributed by atoms with Crippen molar-refractivity contribution in [3.05, 3.63) is 42.0 Å². The van der Waals surface area contributed by atoms with Crippen molar-refractivity contribution in [1.29, 1.82) is 0 Å². The molecule has 8 heteroatoms. The van der Waals surface area contributed by atoms with Gasteiger partial charge in [0.15, 0.2) is 11.5 Å². The van der Waals surface area contributed by atoms with Crippen LogP contribution in [0.2, 0.25) is 0 Å². The Morgan fingerprint density at radius 1 is 1.14 bits per heavy atom. The Hall–Kier alpha value is -2.48. The van der Waals surface area contributed by atoms with E-state index >= 15 is 0 Å². The number of anilines is 1. The van der Waals surface area contributed by atoms with Crippen LogP contribution in [0.5, 0.6) is 17.4 Å². The topological polar surface area (TPSA) is 69.4 Å². The number of para-hydroxylation sites is 2. The Morgan fingerprint density at radius 3 is 2.38 bits per heavy atom. The van der Waals surface area contributed by atoms with Crippen LogP contribution in [0.1, 0.15) is 5.56 Å². The van der Waals surface area contributed by atoms with Crippen molar-refractivity contribution >= 4 is 5.82 Å². The fourth-order valence-electron chi connectivity index (χ4n) is 1.61. The first-order chi connectivity index (χ1) is 9.94. The molecule has 1 aromatic heterocycles. The summed E-state index contributed by atoms with van der Waals surface area (Å²) in [5, 5.41) is 0. The second-order valence-electron chi connectivity index (χ2n) is 3.97. The van der Waals surface area contributed by atoms with Gasteiger partial charge in [-0.25, -0.2) is 5.84 Å². The summed E-state index contributed by atoms with van der Waals surface area (Å²) in [7, 11) is 1.43. The van der Waals surface area contributed by atoms with Gasteiger partial charge in [-0.2, -0.15) is 18.2 Å². The monoisotopic (exact) mass is 299 g/mol. The van der Waals surface area contributed by atoms with E-state index in [2.05, 4.69) is 10.4 Å². The zero-order valence-electron chi connectivity index (χ0n) is 10.9. The lowest BCUT2D eigenvalue weighted by atomic mass is 10.2. The van der Waals surface area contributed by atoms with Crippen molar-refractivity contribution in [3.8, 4) is 17.4 Å². The van der Waals surface area contributed by atoms with Crippen molar-refractivity contribution < 1.29 is 22.6 Å². The molecular weight excluding hydrogens is 287 g/mol. The molecule has 0 spiro atoms. The summed E-state index contributed by atoms with van der Waals surface area (Å²) in [6.07, 6.45) is -4.53. The van der Waals surface area contributed by atoms with Gasteiger partial charge in [-0.1, -0.05) is 12.1 Å². The van der Waals surface area contributed by atoms with Crippen molar-refractivity contribution in [2.45, 2.75) is 6.18 Å². The predicted molar refractivity (Wildman–Crippen MR) is 70.1 cm³/mol. The maximum Gasteiger partial charge on any atom is 0.416 e. The van der Waals surface area contributed by atoms with Gasteiger partial charge < -0.3 is 14.9 Å². The Kier molecular flexibility index (Phi) is 4.18. The zero-order chi connectivity index (χ0) is 15.5. The maximum atomic E-state index is 12.8. The number of methoxy groups -OCH3 is 1. The minimum absolute atomic E-state index is 0.158. The van der Waals surface area contributed by atoms with E-state index in [1.807, 2.05) is 0 Å². The molecule has 5 nitrogen and oxygen atoms in total. The largest absolute Gasteiger partial charge is 0.493 e. The zero-order valence-corrected chi connectivity index (χ0v) is 10.9. The second kappa shape index (κ2) is 5.88. The number of hydrazine groups is 1. The lowest BCUT2D eigenvalue weighted by molar-refractivity contribution is -0.137. The standard InChI is InChI=1S/C13H12F3N3O2/c1-20-9-4-2-3-5-10(9)21-12-7-8(13(14,15)16)6-11(18-12)19-17/h2-7H,17H2,1H3,(H,18,19). The first-order valence-corrected chi connectivity index (χ1v) is 5.81. The van der Waals surface area contributed by atoms with Gasteiger partial charge >= 0.3 is 6.18 Å². The molecule has 0 aliphatic heterocycles. The van der Waals surface area contributed by atoms with Gasteiger partial charge in [-0.15, -0.1) is 0 Å². The first kappa shape index (κ1) is 14.9. The van der Waals surface area contributed by atoms with Crippen molar-refractivity contribution in [2.24, 2.45) is 5.84 Å². The minimum Gasteiger partial charge on any atom is -0.493 e. The summed E-state index contributed by atoms with van der Waals surface area (Å²) in [5.74, 6) is 5.33. The first-order valence-electron chi connectivity index (χ1n) is 5.81. The van der Waals surface area contributed by atoms with Crippen molar-refractivity contribution in [1.82, 2.24) is 4.98 Å². The van der Waals surface area contributed by atoms with Gasteiger partial charge in [0.2, 0.25) is 5.88 Å². The fourth-order valence-corrected chi connectivity index (χ4v) is 1.61. The number of benzene rings is 1. The number of hydrogen-bond donors (Lipinski definition) is 2. The number of ether oxygens (including phenoxy) is 2. The summed E-state index contributed by atoms with van der Waals surface area (Å²) in [5.41, 5.74) is 1.15. The molecule has 0 unspecified atom stereocenters. The maximum absolute atomic E-state index is 12.8. The molecule has 0 saturated heterocycles. The Bertz CT molecular complexity index is 632. The summed E-state index contributed by atoms with van der Waals surface area (Å²) in [6, 6.07) is 8.11. The third-order valence-electron chi connectivity index (χ3n) is 2.56. The molecule has 0 fully saturated rings. The highest BCUT2D eigenvalue weighted by Crippen LogP contribution is 2.35. The Balaban J connectivity index is 2.39. The van der Waals surface area contributed by atoms with Crippen LogP contribution >= 0.6 is 0 Å². The van der Waals surface area contributed by atoms with Crippen LogP contribution < -0.4 is 20.7 Å². The van der Waals surface area contributed by atoms with Crippen molar-refractivity contribution in [2.75, 3.05) is 12.5 Å². The molecule has 0 amide bonds. The van der Waals surface area contributed by atoms with E-state index in [4.69, 9.17) is 15.3 Å². The van der Waals surface area contributed by atoms with E-state index in [1.165, 1.54) is 7.11 Å². The van der Waals surface area contributed by atoms with Gasteiger partial charge in [-0.05, 0) is 18.2 Å². The normalized spacial score (nSPS) is 11.1. The van der Waals surface area contributed by atoms with E-state index in [-0.39, 0.29) is 17.4 Å². The number of pyridine rings is 1. The van der Waals surface area contributed by atoms with Gasteiger partial charge in [0.25, 0.3) is 0 Å². The van der Waals surface area contributed by atoms with Gasteiger partial charge in [0.05, 0.1) is 12.7 Å². The lowest BCUT2D eigenvalue weighted by Gasteiger charge is -2.13. The van der Waals surface area contributed by atoms with Gasteiger partial charge in [-0.3, -0.25) is 0 Å². The molecule has 0 radical (unpaired) electrons. The molecule has 0 atom stereocenters. The average molecular weight is 299 g/mol. The summed E-state index contributed by atoms with van der Waals surface area (Å²) in [4.78, 5) is 3.82. The number of rotatable bonds is 4. The molecule has 0 aliphatic rings. The fraction of sp³-hybridized carbons (Fsp3) is 0.154. The molecule has 1 heterocycles. The number of halogens is 3. The molecular formula is C13H12F3N3O2. The average Bonchev–Trinajstić information content (AvgIpc) is 2.46. The number of hydrogen-bond acceptors (Lipinski definition) is 5. The number of nitrogens with zero attached hydrogens (tertiary/aromatic N) is 1. The summed E-state index contributed by atoms with van der Waals surface area (Å²) >= 11 is 0. The van der Waals surface area contributed by atoms with E-state index in [9.17, 15) is 13.2 Å². The van der Waals surface area contributed by atoms with Crippen LogP contribution in [0.4, 0.5) is 19.0 Å². The highest BCUT2D eigenvalue weighted by atomic mass is 19.4. The predicted octanol–water partition coefficient (Wildman–Crippen LogP) is 3.19. The molecule has 0 bridgehead atoms. The van der Waals surface area contributed by atoms with E-state index in [0.717, 1.165) is 12.1 Å². The summed E-state index contributed by atoms with van der Waals surface area (Å²) in [6.45, 7) is 0. The lowest BCUT2D eigenvalue weighted by Crippen LogP contribution is -2.12. The molecule has 2 rings (SSSR count). The van der Waals surface area contributed by atoms with E-state index in [0.29, 0.717) is 5.75 Å². The van der Waals surface area contributed by atoms with Crippen LogP contribution in [-0.4, -0.2) is 12.1 Å². The number of aromatic nitrogens is 1. The Morgan fingerprint density at radius 2 is 1.81 bits per heavy atom. The quantitative estimate of drug-likeness (QED) is 0.670. The third-order valence-corrected chi connectivity index (χ3v) is 2.56. The molecule has 21 heavy (non-hydrogen) atoms. The molecule has 0 saturated carbocycles. The smallest absolute Gasteiger partial charge is 0.416 e. The highest BCUT2D eigenvalue weighted by molar-refractivity contribution is 5.45. The van der Waals surface area contributed by atoms with Crippen LogP contribution in [0.15, 0.2) is 36.4 Å². The molecule has 2 aromatic rings.